The van der Waals surface area contributed by atoms with E-state index in [9.17, 15) is 4.79 Å². The van der Waals surface area contributed by atoms with E-state index >= 15 is 0 Å². The molecular weight excluding hydrogens is 94.0 g/mol. The summed E-state index contributed by atoms with van der Waals surface area (Å²) in [7, 11) is 0. The Morgan fingerprint density at radius 2 is 2.29 bits per heavy atom. The van der Waals surface area contributed by atoms with E-state index in [1.54, 1.807) is 0 Å². The van der Waals surface area contributed by atoms with E-state index in [0.29, 0.717) is 6.26 Å². The Morgan fingerprint density at radius 1 is 1.86 bits per heavy atom. The van der Waals surface area contributed by atoms with Crippen molar-refractivity contribution in [3.8, 4) is 0 Å². The first-order valence-electron chi connectivity index (χ1n) is 1.79. The zero-order valence-electron chi connectivity index (χ0n) is 4.01. The van der Waals surface area contributed by atoms with E-state index in [0.717, 1.165) is 0 Å². The number of aliphatic hydroxyl groups is 1. The summed E-state index contributed by atoms with van der Waals surface area (Å²) < 4.78 is 0. The molecule has 0 radical (unpaired) electrons. The van der Waals surface area contributed by atoms with E-state index in [4.69, 9.17) is 5.11 Å². The number of carbonyl (C=O) groups is 1. The van der Waals surface area contributed by atoms with Crippen LogP contribution >= 0.6 is 0 Å². The lowest BCUT2D eigenvalue weighted by atomic mass is 10.3. The van der Waals surface area contributed by atoms with Gasteiger partial charge in [0.15, 0.2) is 0 Å². The van der Waals surface area contributed by atoms with Crippen LogP contribution in [0.5, 0.6) is 0 Å². The molecule has 0 heterocycles. The predicted octanol–water partition coefficient (Wildman–Crippen LogP) is -0.0665. The Bertz CT molecular complexity index is 106. The van der Waals surface area contributed by atoms with Gasteiger partial charge < -0.3 is 10.8 Å². The molecule has 0 aromatic carbocycles. The van der Waals surface area contributed by atoms with Gasteiger partial charge in [-0.2, -0.15) is 0 Å². The molecule has 40 valence electrons. The second kappa shape index (κ2) is 2.23. The summed E-state index contributed by atoms with van der Waals surface area (Å²) in [5.74, 6) is -0.595. The van der Waals surface area contributed by atoms with Gasteiger partial charge in [0, 0.05) is 5.57 Å². The number of rotatable bonds is 1. The van der Waals surface area contributed by atoms with Gasteiger partial charge in [-0.05, 0) is 6.92 Å². The summed E-state index contributed by atoms with van der Waals surface area (Å²) in [4.78, 5) is 9.92. The SMILES string of the molecule is C/C(=C\O)C(N)=O. The van der Waals surface area contributed by atoms with E-state index in [2.05, 4.69) is 5.73 Å². The molecule has 0 bridgehead atoms. The van der Waals surface area contributed by atoms with Crippen molar-refractivity contribution in [2.45, 2.75) is 6.92 Å². The van der Waals surface area contributed by atoms with Gasteiger partial charge in [0.2, 0.25) is 5.91 Å². The molecule has 3 N–H and O–H groups in total. The fraction of sp³-hybridized carbons (Fsp3) is 0.250. The summed E-state index contributed by atoms with van der Waals surface area (Å²) in [5.41, 5.74) is 4.85. The maximum atomic E-state index is 9.92. The fourth-order valence-electron chi connectivity index (χ4n) is 0.0636. The molecule has 3 nitrogen and oxygen atoms in total. The summed E-state index contributed by atoms with van der Waals surface area (Å²) in [6.07, 6.45) is 0.683. The standard InChI is InChI=1S/C4H7NO2/c1-3(2-6)4(5)7/h2,6H,1H3,(H2,5,7)/b3-2+. The monoisotopic (exact) mass is 101 g/mol. The predicted molar refractivity (Wildman–Crippen MR) is 25.6 cm³/mol. The van der Waals surface area contributed by atoms with Crippen molar-refractivity contribution >= 4 is 5.91 Å². The maximum absolute atomic E-state index is 9.92. The molecule has 0 saturated carbocycles. The first-order chi connectivity index (χ1) is 3.18. The zero-order valence-corrected chi connectivity index (χ0v) is 4.01. The Balaban J connectivity index is 3.82. The highest BCUT2D eigenvalue weighted by Gasteiger charge is 1.92. The molecule has 0 fully saturated rings. The van der Waals surface area contributed by atoms with Gasteiger partial charge >= 0.3 is 0 Å². The van der Waals surface area contributed by atoms with Crippen LogP contribution in [0, 0.1) is 0 Å². The van der Waals surface area contributed by atoms with Crippen molar-refractivity contribution in [1.29, 1.82) is 0 Å². The van der Waals surface area contributed by atoms with E-state index in [1.165, 1.54) is 6.92 Å². The Labute approximate surface area is 41.4 Å². The van der Waals surface area contributed by atoms with Crippen LogP contribution in [0.3, 0.4) is 0 Å². The normalized spacial score (nSPS) is 11.3. The highest BCUT2D eigenvalue weighted by Crippen LogP contribution is 1.83. The van der Waals surface area contributed by atoms with Crippen molar-refractivity contribution in [3.05, 3.63) is 11.8 Å². The first kappa shape index (κ1) is 6.01. The molecule has 7 heavy (non-hydrogen) atoms. The third kappa shape index (κ3) is 1.81. The lowest BCUT2D eigenvalue weighted by molar-refractivity contribution is -0.114. The highest BCUT2D eigenvalue weighted by molar-refractivity contribution is 5.90. The van der Waals surface area contributed by atoms with Gasteiger partial charge in [-0.3, -0.25) is 4.79 Å². The third-order valence-corrected chi connectivity index (χ3v) is 0.582. The van der Waals surface area contributed by atoms with Crippen LogP contribution in [0.25, 0.3) is 0 Å². The van der Waals surface area contributed by atoms with Crippen LogP contribution in [0.1, 0.15) is 6.92 Å². The van der Waals surface area contributed by atoms with E-state index in [1.807, 2.05) is 0 Å². The molecule has 1 amide bonds. The molecule has 0 spiro atoms. The minimum absolute atomic E-state index is 0.167. The second-order valence-corrected chi connectivity index (χ2v) is 1.18. The van der Waals surface area contributed by atoms with Crippen molar-refractivity contribution in [2.75, 3.05) is 0 Å². The molecule has 0 atom stereocenters. The summed E-state index contributed by atoms with van der Waals surface area (Å²) in [5, 5.41) is 8.04. The number of hydrogen-bond acceptors (Lipinski definition) is 2. The Morgan fingerprint density at radius 3 is 2.29 bits per heavy atom. The van der Waals surface area contributed by atoms with Crippen LogP contribution in [-0.2, 0) is 4.79 Å². The number of aliphatic hydroxyl groups excluding tert-OH is 1. The van der Waals surface area contributed by atoms with Gasteiger partial charge in [-0.15, -0.1) is 0 Å². The number of nitrogens with two attached hydrogens (primary N) is 1. The topological polar surface area (TPSA) is 63.3 Å². The molecule has 0 aliphatic rings. The average Bonchev–Trinajstić information content (AvgIpc) is 1.65. The molecule has 3 heteroatoms. The number of primary amides is 1. The number of amides is 1. The smallest absolute Gasteiger partial charge is 0.247 e. The Hall–Kier alpha value is -0.990. The van der Waals surface area contributed by atoms with Gasteiger partial charge in [0.05, 0.1) is 6.26 Å². The van der Waals surface area contributed by atoms with Crippen molar-refractivity contribution < 1.29 is 9.90 Å². The third-order valence-electron chi connectivity index (χ3n) is 0.582. The van der Waals surface area contributed by atoms with Gasteiger partial charge in [-0.25, -0.2) is 0 Å². The van der Waals surface area contributed by atoms with Crippen LogP contribution in [0.15, 0.2) is 11.8 Å². The molecular formula is C4H7NO2. The molecule has 0 aliphatic heterocycles. The molecule has 0 aliphatic carbocycles. The van der Waals surface area contributed by atoms with Crippen LogP contribution in [0.4, 0.5) is 0 Å². The highest BCUT2D eigenvalue weighted by atomic mass is 16.2. The second-order valence-electron chi connectivity index (χ2n) is 1.18. The zero-order chi connectivity index (χ0) is 5.86. The average molecular weight is 101 g/mol. The quantitative estimate of drug-likeness (QED) is 0.359. The minimum Gasteiger partial charge on any atom is -0.515 e. The van der Waals surface area contributed by atoms with Crippen LogP contribution in [-0.4, -0.2) is 11.0 Å². The first-order valence-corrected chi connectivity index (χ1v) is 1.79. The molecule has 0 rings (SSSR count). The lowest BCUT2D eigenvalue weighted by Crippen LogP contribution is -2.11. The summed E-state index contributed by atoms with van der Waals surface area (Å²) in [6.45, 7) is 1.43. The van der Waals surface area contributed by atoms with Crippen molar-refractivity contribution in [1.82, 2.24) is 0 Å². The summed E-state index contributed by atoms with van der Waals surface area (Å²) in [6, 6.07) is 0. The number of carbonyl (C=O) groups excluding carboxylic acids is 1. The molecule has 0 aromatic heterocycles. The molecule has 0 unspecified atom stereocenters. The van der Waals surface area contributed by atoms with Crippen molar-refractivity contribution in [2.24, 2.45) is 5.73 Å². The van der Waals surface area contributed by atoms with Gasteiger partial charge in [-0.1, -0.05) is 0 Å². The minimum atomic E-state index is -0.595. The molecule has 0 aromatic rings. The Kier molecular flexibility index (Phi) is 1.91. The van der Waals surface area contributed by atoms with Crippen LogP contribution < -0.4 is 5.73 Å². The fourth-order valence-corrected chi connectivity index (χ4v) is 0.0636. The van der Waals surface area contributed by atoms with E-state index in [-0.39, 0.29) is 5.57 Å². The number of hydrogen-bond donors (Lipinski definition) is 2. The van der Waals surface area contributed by atoms with Crippen LogP contribution in [0.2, 0.25) is 0 Å². The van der Waals surface area contributed by atoms with E-state index < -0.39 is 5.91 Å². The largest absolute Gasteiger partial charge is 0.515 e. The van der Waals surface area contributed by atoms with Crippen molar-refractivity contribution in [3.63, 3.8) is 0 Å². The maximum Gasteiger partial charge on any atom is 0.247 e. The lowest BCUT2D eigenvalue weighted by Gasteiger charge is -1.84. The van der Waals surface area contributed by atoms with Gasteiger partial charge in [0.1, 0.15) is 0 Å². The van der Waals surface area contributed by atoms with Gasteiger partial charge in [0.25, 0.3) is 0 Å². The molecule has 0 saturated heterocycles. The summed E-state index contributed by atoms with van der Waals surface area (Å²) >= 11 is 0.